The third kappa shape index (κ3) is 3.48. The summed E-state index contributed by atoms with van der Waals surface area (Å²) in [5.41, 5.74) is 0.773. The molecule has 1 amide bonds. The molecule has 0 radical (unpaired) electrons. The monoisotopic (exact) mass is 197 g/mol. The van der Waals surface area contributed by atoms with E-state index in [0.29, 0.717) is 0 Å². The first-order valence-electron chi connectivity index (χ1n) is 3.83. The van der Waals surface area contributed by atoms with E-state index in [0.717, 1.165) is 10.6 Å². The Labute approximate surface area is 81.2 Å². The molecule has 13 heavy (non-hydrogen) atoms. The average Bonchev–Trinajstić information content (AvgIpc) is 2.08. The maximum absolute atomic E-state index is 10.7. The van der Waals surface area contributed by atoms with Crippen molar-refractivity contribution >= 4 is 23.4 Å². The summed E-state index contributed by atoms with van der Waals surface area (Å²) in [5, 5.41) is 11.3. The van der Waals surface area contributed by atoms with E-state index in [1.807, 2.05) is 12.1 Å². The molecule has 70 valence electrons. The number of anilines is 1. The van der Waals surface area contributed by atoms with Crippen molar-refractivity contribution in [2.24, 2.45) is 0 Å². The number of hydrogen-bond donors (Lipinski definition) is 2. The molecule has 0 aliphatic heterocycles. The van der Waals surface area contributed by atoms with Crippen LogP contribution in [0.15, 0.2) is 29.2 Å². The van der Waals surface area contributed by atoms with Crippen molar-refractivity contribution in [2.75, 3.05) is 11.3 Å². The van der Waals surface area contributed by atoms with E-state index in [-0.39, 0.29) is 11.8 Å². The summed E-state index contributed by atoms with van der Waals surface area (Å²) in [5.74, 6) is -0.0120. The predicted molar refractivity (Wildman–Crippen MR) is 53.7 cm³/mol. The van der Waals surface area contributed by atoms with Crippen LogP contribution in [0.25, 0.3) is 0 Å². The summed E-state index contributed by atoms with van der Waals surface area (Å²) in [6.07, 6.45) is 0. The van der Waals surface area contributed by atoms with Crippen LogP contribution < -0.4 is 5.32 Å². The van der Waals surface area contributed by atoms with Crippen molar-refractivity contribution in [3.8, 4) is 0 Å². The van der Waals surface area contributed by atoms with Crippen LogP contribution in [0.5, 0.6) is 0 Å². The topological polar surface area (TPSA) is 49.3 Å². The normalized spacial score (nSPS) is 9.69. The molecule has 0 saturated carbocycles. The summed E-state index contributed by atoms with van der Waals surface area (Å²) in [7, 11) is 0. The van der Waals surface area contributed by atoms with Crippen LogP contribution in [0.4, 0.5) is 5.69 Å². The van der Waals surface area contributed by atoms with Gasteiger partial charge in [-0.3, -0.25) is 4.79 Å². The van der Waals surface area contributed by atoms with Crippen molar-refractivity contribution in [2.45, 2.75) is 11.8 Å². The van der Waals surface area contributed by atoms with Crippen molar-refractivity contribution in [3.05, 3.63) is 24.3 Å². The Morgan fingerprint density at radius 3 is 2.54 bits per heavy atom. The molecule has 2 N–H and O–H groups in total. The zero-order chi connectivity index (χ0) is 9.68. The van der Waals surface area contributed by atoms with E-state index in [1.54, 1.807) is 12.1 Å². The Morgan fingerprint density at radius 2 is 2.08 bits per heavy atom. The van der Waals surface area contributed by atoms with Crippen LogP contribution in [-0.2, 0) is 4.79 Å². The maximum Gasteiger partial charge on any atom is 0.221 e. The van der Waals surface area contributed by atoms with E-state index in [2.05, 4.69) is 5.32 Å². The highest BCUT2D eigenvalue weighted by Crippen LogP contribution is 2.18. The second kappa shape index (κ2) is 4.89. The van der Waals surface area contributed by atoms with Gasteiger partial charge in [0.05, 0.1) is 5.94 Å². The third-order valence-electron chi connectivity index (χ3n) is 1.41. The van der Waals surface area contributed by atoms with Gasteiger partial charge in [0, 0.05) is 17.5 Å². The van der Waals surface area contributed by atoms with E-state index in [1.165, 1.54) is 18.7 Å². The zero-order valence-corrected chi connectivity index (χ0v) is 8.10. The van der Waals surface area contributed by atoms with E-state index < -0.39 is 0 Å². The number of aliphatic hydroxyl groups excluding tert-OH is 1. The van der Waals surface area contributed by atoms with Gasteiger partial charge in [0.2, 0.25) is 5.91 Å². The highest BCUT2D eigenvalue weighted by Gasteiger charge is 1.95. The highest BCUT2D eigenvalue weighted by atomic mass is 32.2. The number of carbonyl (C=O) groups is 1. The smallest absolute Gasteiger partial charge is 0.221 e. The van der Waals surface area contributed by atoms with Gasteiger partial charge in [-0.25, -0.2) is 0 Å². The lowest BCUT2D eigenvalue weighted by molar-refractivity contribution is -0.114. The summed E-state index contributed by atoms with van der Waals surface area (Å²) in [6, 6.07) is 7.32. The van der Waals surface area contributed by atoms with E-state index in [9.17, 15) is 4.79 Å². The van der Waals surface area contributed by atoms with Gasteiger partial charge in [-0.05, 0) is 24.3 Å². The Hall–Kier alpha value is -1.00. The zero-order valence-electron chi connectivity index (χ0n) is 7.28. The van der Waals surface area contributed by atoms with Gasteiger partial charge in [0.25, 0.3) is 0 Å². The first-order valence-corrected chi connectivity index (χ1v) is 4.82. The Kier molecular flexibility index (Phi) is 3.79. The number of aliphatic hydroxyl groups is 1. The number of nitrogens with one attached hydrogen (secondary N) is 1. The van der Waals surface area contributed by atoms with Crippen molar-refractivity contribution < 1.29 is 9.90 Å². The molecule has 1 aromatic rings. The quantitative estimate of drug-likeness (QED) is 0.572. The number of benzene rings is 1. The number of rotatable bonds is 3. The van der Waals surface area contributed by atoms with Crippen LogP contribution in [0.2, 0.25) is 0 Å². The molecule has 0 heterocycles. The van der Waals surface area contributed by atoms with Gasteiger partial charge in [-0.1, -0.05) is 11.8 Å². The van der Waals surface area contributed by atoms with E-state index in [4.69, 9.17) is 5.11 Å². The molecule has 1 aromatic carbocycles. The fraction of sp³-hybridized carbons (Fsp3) is 0.222. The van der Waals surface area contributed by atoms with Gasteiger partial charge < -0.3 is 10.4 Å². The summed E-state index contributed by atoms with van der Waals surface area (Å²) < 4.78 is 0. The molecule has 0 bridgehead atoms. The molecule has 0 unspecified atom stereocenters. The Balaban J connectivity index is 2.64. The first-order chi connectivity index (χ1) is 6.22. The molecular formula is C9H11NO2S. The van der Waals surface area contributed by atoms with Crippen LogP contribution in [-0.4, -0.2) is 17.0 Å². The number of thioether (sulfide) groups is 1. The molecule has 4 heteroatoms. The molecule has 3 nitrogen and oxygen atoms in total. The highest BCUT2D eigenvalue weighted by molar-refractivity contribution is 7.99. The molecule has 0 aliphatic rings. The molecule has 0 saturated heterocycles. The summed E-state index contributed by atoms with van der Waals surface area (Å²) in [4.78, 5) is 11.7. The fourth-order valence-electron chi connectivity index (χ4n) is 0.912. The van der Waals surface area contributed by atoms with Gasteiger partial charge in [0.15, 0.2) is 0 Å². The average molecular weight is 197 g/mol. The minimum atomic E-state index is -0.0810. The number of amides is 1. The lowest BCUT2D eigenvalue weighted by Gasteiger charge is -2.02. The lowest BCUT2D eigenvalue weighted by Crippen LogP contribution is -2.05. The van der Waals surface area contributed by atoms with Gasteiger partial charge in [-0.15, -0.1) is 0 Å². The van der Waals surface area contributed by atoms with Gasteiger partial charge >= 0.3 is 0 Å². The molecule has 0 fully saturated rings. The maximum atomic E-state index is 10.7. The third-order valence-corrected chi connectivity index (χ3v) is 2.14. The molecule has 0 spiro atoms. The van der Waals surface area contributed by atoms with Crippen molar-refractivity contribution in [1.29, 1.82) is 0 Å². The van der Waals surface area contributed by atoms with Crippen LogP contribution >= 0.6 is 11.8 Å². The van der Waals surface area contributed by atoms with Crippen LogP contribution in [0.1, 0.15) is 6.92 Å². The summed E-state index contributed by atoms with van der Waals surface area (Å²) in [6.45, 7) is 1.47. The fourth-order valence-corrected chi connectivity index (χ4v) is 1.39. The molecule has 1 rings (SSSR count). The second-order valence-electron chi connectivity index (χ2n) is 2.48. The molecule has 0 atom stereocenters. The first kappa shape index (κ1) is 10.1. The minimum absolute atomic E-state index is 0.0689. The lowest BCUT2D eigenvalue weighted by atomic mass is 10.3. The Bertz CT molecular complexity index is 284. The minimum Gasteiger partial charge on any atom is -0.385 e. The number of hydrogen-bond acceptors (Lipinski definition) is 3. The van der Waals surface area contributed by atoms with Gasteiger partial charge in [-0.2, -0.15) is 0 Å². The second-order valence-corrected chi connectivity index (χ2v) is 3.50. The predicted octanol–water partition coefficient (Wildman–Crippen LogP) is 1.69. The number of carbonyl (C=O) groups excluding carboxylic acids is 1. The van der Waals surface area contributed by atoms with Gasteiger partial charge in [0.1, 0.15) is 0 Å². The largest absolute Gasteiger partial charge is 0.385 e. The van der Waals surface area contributed by atoms with E-state index >= 15 is 0 Å². The Morgan fingerprint density at radius 1 is 1.46 bits per heavy atom. The SMILES string of the molecule is CC(=O)Nc1ccc(SCO)cc1. The molecule has 0 aromatic heterocycles. The molecular weight excluding hydrogens is 186 g/mol. The standard InChI is InChI=1S/C9H11NO2S/c1-7(12)10-8-2-4-9(5-3-8)13-6-11/h2-5,11H,6H2,1H3,(H,10,12). The van der Waals surface area contributed by atoms with Crippen LogP contribution in [0.3, 0.4) is 0 Å². The summed E-state index contributed by atoms with van der Waals surface area (Å²) >= 11 is 1.35. The van der Waals surface area contributed by atoms with Crippen molar-refractivity contribution in [1.82, 2.24) is 0 Å². The van der Waals surface area contributed by atoms with Crippen LogP contribution in [0, 0.1) is 0 Å². The molecule has 0 aliphatic carbocycles. The van der Waals surface area contributed by atoms with Crippen molar-refractivity contribution in [3.63, 3.8) is 0 Å².